The van der Waals surface area contributed by atoms with Gasteiger partial charge in [0.1, 0.15) is 12.2 Å². The number of β-amino-alcohol motifs (C(OH)–C–C–N with tert-alkyl or cyclic N) is 1. The standard InChI is InChI=1S/C20H30N2O5/c1-19(2,3)27-18(24)22-13-7-10-20(25,15-22)11-12-21-17(23)26-14-16-8-5-4-6-9-16/h4-6,8-9,25H,7,10-15H2,1-3H3,(H,21,23). The van der Waals surface area contributed by atoms with Gasteiger partial charge in [0.2, 0.25) is 0 Å². The second-order valence-corrected chi connectivity index (χ2v) is 7.97. The molecule has 0 saturated carbocycles. The van der Waals surface area contributed by atoms with Crippen molar-refractivity contribution in [1.29, 1.82) is 0 Å². The number of carbonyl (C=O) groups excluding carboxylic acids is 2. The lowest BCUT2D eigenvalue weighted by Gasteiger charge is -2.39. The van der Waals surface area contributed by atoms with E-state index in [0.29, 0.717) is 25.8 Å². The highest BCUT2D eigenvalue weighted by molar-refractivity contribution is 5.68. The SMILES string of the molecule is CC(C)(C)OC(=O)N1CCCC(O)(CCNC(=O)OCc2ccccc2)C1. The summed E-state index contributed by atoms with van der Waals surface area (Å²) in [5, 5.41) is 13.4. The van der Waals surface area contributed by atoms with Crippen molar-refractivity contribution in [2.75, 3.05) is 19.6 Å². The van der Waals surface area contributed by atoms with Crippen LogP contribution in [0.4, 0.5) is 9.59 Å². The highest BCUT2D eigenvalue weighted by Gasteiger charge is 2.36. The third-order valence-electron chi connectivity index (χ3n) is 4.28. The molecule has 2 N–H and O–H groups in total. The van der Waals surface area contributed by atoms with E-state index in [-0.39, 0.29) is 19.7 Å². The molecule has 0 aliphatic carbocycles. The van der Waals surface area contributed by atoms with Crippen molar-refractivity contribution in [2.24, 2.45) is 0 Å². The van der Waals surface area contributed by atoms with Gasteiger partial charge in [-0.25, -0.2) is 9.59 Å². The first kappa shape index (κ1) is 21.0. The molecule has 1 aliphatic rings. The molecule has 1 saturated heterocycles. The first-order valence-electron chi connectivity index (χ1n) is 9.32. The Morgan fingerprint density at radius 2 is 1.96 bits per heavy atom. The summed E-state index contributed by atoms with van der Waals surface area (Å²) in [6.45, 7) is 6.66. The van der Waals surface area contributed by atoms with Gasteiger partial charge in [-0.15, -0.1) is 0 Å². The molecule has 1 aromatic rings. The van der Waals surface area contributed by atoms with Gasteiger partial charge in [-0.2, -0.15) is 0 Å². The summed E-state index contributed by atoms with van der Waals surface area (Å²) in [7, 11) is 0. The van der Waals surface area contributed by atoms with Crippen molar-refractivity contribution in [3.8, 4) is 0 Å². The zero-order valence-corrected chi connectivity index (χ0v) is 16.4. The van der Waals surface area contributed by atoms with Gasteiger partial charge in [-0.3, -0.25) is 0 Å². The molecule has 0 spiro atoms. The van der Waals surface area contributed by atoms with Crippen molar-refractivity contribution in [3.63, 3.8) is 0 Å². The van der Waals surface area contributed by atoms with Crippen LogP contribution >= 0.6 is 0 Å². The number of likely N-dealkylation sites (tertiary alicyclic amines) is 1. The maximum absolute atomic E-state index is 12.2. The van der Waals surface area contributed by atoms with E-state index in [2.05, 4.69) is 5.32 Å². The Labute approximate surface area is 160 Å². The zero-order valence-electron chi connectivity index (χ0n) is 16.4. The first-order valence-corrected chi connectivity index (χ1v) is 9.32. The fourth-order valence-corrected chi connectivity index (χ4v) is 2.97. The molecular weight excluding hydrogens is 348 g/mol. The van der Waals surface area contributed by atoms with E-state index in [1.54, 1.807) is 0 Å². The topological polar surface area (TPSA) is 88.1 Å². The number of hydrogen-bond acceptors (Lipinski definition) is 5. The van der Waals surface area contributed by atoms with Crippen LogP contribution in [0.3, 0.4) is 0 Å². The van der Waals surface area contributed by atoms with E-state index < -0.39 is 23.4 Å². The number of benzene rings is 1. The second-order valence-electron chi connectivity index (χ2n) is 7.97. The molecule has 0 radical (unpaired) electrons. The lowest BCUT2D eigenvalue weighted by atomic mass is 9.90. The van der Waals surface area contributed by atoms with Crippen LogP contribution in [0.5, 0.6) is 0 Å². The van der Waals surface area contributed by atoms with Gasteiger partial charge in [-0.1, -0.05) is 30.3 Å². The van der Waals surface area contributed by atoms with E-state index in [1.807, 2.05) is 51.1 Å². The minimum absolute atomic E-state index is 0.197. The van der Waals surface area contributed by atoms with Gasteiger partial charge >= 0.3 is 12.2 Å². The van der Waals surface area contributed by atoms with Crippen LogP contribution < -0.4 is 5.32 Å². The summed E-state index contributed by atoms with van der Waals surface area (Å²) >= 11 is 0. The number of ether oxygens (including phenoxy) is 2. The Balaban J connectivity index is 1.73. The fraction of sp³-hybridized carbons (Fsp3) is 0.600. The number of nitrogens with one attached hydrogen (secondary N) is 1. The molecule has 7 heteroatoms. The molecule has 0 aromatic heterocycles. The molecule has 1 aromatic carbocycles. The van der Waals surface area contributed by atoms with E-state index in [4.69, 9.17) is 9.47 Å². The first-order chi connectivity index (χ1) is 12.7. The summed E-state index contributed by atoms with van der Waals surface area (Å²) in [5.41, 5.74) is -0.704. The van der Waals surface area contributed by atoms with E-state index in [1.165, 1.54) is 4.90 Å². The van der Waals surface area contributed by atoms with Crippen molar-refractivity contribution in [1.82, 2.24) is 10.2 Å². The number of aliphatic hydroxyl groups is 1. The number of nitrogens with zero attached hydrogens (tertiary/aromatic N) is 1. The normalized spacial score (nSPS) is 20.1. The van der Waals surface area contributed by atoms with E-state index in [9.17, 15) is 14.7 Å². The average Bonchev–Trinajstić information content (AvgIpc) is 2.59. The number of alkyl carbamates (subject to hydrolysis) is 1. The minimum atomic E-state index is -1.04. The van der Waals surface area contributed by atoms with E-state index >= 15 is 0 Å². The molecule has 27 heavy (non-hydrogen) atoms. The Morgan fingerprint density at radius 3 is 2.63 bits per heavy atom. The molecule has 7 nitrogen and oxygen atoms in total. The van der Waals surface area contributed by atoms with Gasteiger partial charge in [0, 0.05) is 13.1 Å². The summed E-state index contributed by atoms with van der Waals surface area (Å²) in [4.78, 5) is 25.5. The summed E-state index contributed by atoms with van der Waals surface area (Å²) in [6, 6.07) is 9.42. The van der Waals surface area contributed by atoms with Gasteiger partial charge in [0.25, 0.3) is 0 Å². The van der Waals surface area contributed by atoms with Gasteiger partial charge in [-0.05, 0) is 45.6 Å². The minimum Gasteiger partial charge on any atom is -0.445 e. The van der Waals surface area contributed by atoms with Gasteiger partial charge in [0.15, 0.2) is 0 Å². The highest BCUT2D eigenvalue weighted by atomic mass is 16.6. The monoisotopic (exact) mass is 378 g/mol. The number of carbonyl (C=O) groups is 2. The fourth-order valence-electron chi connectivity index (χ4n) is 2.97. The lowest BCUT2D eigenvalue weighted by molar-refractivity contribution is -0.0467. The maximum atomic E-state index is 12.2. The van der Waals surface area contributed by atoms with Crippen LogP contribution in [0.1, 0.15) is 45.6 Å². The summed E-state index contributed by atoms with van der Waals surface area (Å²) < 4.78 is 10.5. The van der Waals surface area contributed by atoms with Crippen LogP contribution in [0.15, 0.2) is 30.3 Å². The second kappa shape index (κ2) is 9.08. The predicted molar refractivity (Wildman–Crippen MR) is 101 cm³/mol. The smallest absolute Gasteiger partial charge is 0.410 e. The molecular formula is C20H30N2O5. The number of amides is 2. The number of piperidine rings is 1. The van der Waals surface area contributed by atoms with Crippen LogP contribution in [0.25, 0.3) is 0 Å². The summed E-state index contributed by atoms with van der Waals surface area (Å²) in [5.74, 6) is 0. The number of rotatable bonds is 5. The van der Waals surface area contributed by atoms with Crippen LogP contribution in [0, 0.1) is 0 Å². The Kier molecular flexibility index (Phi) is 7.07. The molecule has 2 amide bonds. The highest BCUT2D eigenvalue weighted by Crippen LogP contribution is 2.25. The molecule has 1 aliphatic heterocycles. The molecule has 1 heterocycles. The lowest BCUT2D eigenvalue weighted by Crippen LogP contribution is -2.52. The third-order valence-corrected chi connectivity index (χ3v) is 4.28. The maximum Gasteiger partial charge on any atom is 0.410 e. The van der Waals surface area contributed by atoms with Crippen LogP contribution in [-0.4, -0.2) is 53.0 Å². The number of hydrogen-bond donors (Lipinski definition) is 2. The Bertz CT molecular complexity index is 629. The molecule has 1 atom stereocenters. The van der Waals surface area contributed by atoms with E-state index in [0.717, 1.165) is 5.56 Å². The van der Waals surface area contributed by atoms with Crippen LogP contribution in [-0.2, 0) is 16.1 Å². The molecule has 0 bridgehead atoms. The Morgan fingerprint density at radius 1 is 1.26 bits per heavy atom. The Hall–Kier alpha value is -2.28. The molecule has 1 unspecified atom stereocenters. The van der Waals surface area contributed by atoms with Crippen LogP contribution in [0.2, 0.25) is 0 Å². The molecule has 150 valence electrons. The zero-order chi connectivity index (χ0) is 19.9. The predicted octanol–water partition coefficient (Wildman–Crippen LogP) is 3.06. The third kappa shape index (κ3) is 7.46. The van der Waals surface area contributed by atoms with Crippen molar-refractivity contribution >= 4 is 12.2 Å². The van der Waals surface area contributed by atoms with Gasteiger partial charge < -0.3 is 24.8 Å². The quantitative estimate of drug-likeness (QED) is 0.822. The van der Waals surface area contributed by atoms with Gasteiger partial charge in [0.05, 0.1) is 12.1 Å². The van der Waals surface area contributed by atoms with Crippen molar-refractivity contribution in [2.45, 2.75) is 57.8 Å². The molecule has 1 fully saturated rings. The van der Waals surface area contributed by atoms with Crippen molar-refractivity contribution in [3.05, 3.63) is 35.9 Å². The average molecular weight is 378 g/mol. The van der Waals surface area contributed by atoms with Crippen molar-refractivity contribution < 1.29 is 24.2 Å². The molecule has 2 rings (SSSR count). The largest absolute Gasteiger partial charge is 0.445 e. The summed E-state index contributed by atoms with van der Waals surface area (Å²) in [6.07, 6.45) is 0.659.